The van der Waals surface area contributed by atoms with Crippen LogP contribution < -0.4 is 0 Å². The van der Waals surface area contributed by atoms with Crippen LogP contribution in [0.4, 0.5) is 0 Å². The highest BCUT2D eigenvalue weighted by molar-refractivity contribution is 5.86. The molecule has 84 valence electrons. The Morgan fingerprint density at radius 2 is 2.00 bits per heavy atom. The van der Waals surface area contributed by atoms with Crippen LogP contribution in [0.1, 0.15) is 39.0 Å². The maximum atomic E-state index is 12.1. The third kappa shape index (κ3) is 1.06. The molecule has 1 heterocycles. The molecule has 3 rings (SSSR count). The molecule has 1 aliphatic heterocycles. The van der Waals surface area contributed by atoms with E-state index < -0.39 is 5.79 Å². The molecule has 0 N–H and O–H groups in total. The van der Waals surface area contributed by atoms with Crippen LogP contribution in [-0.4, -0.2) is 24.8 Å². The molecular weight excluding hydrogens is 192 g/mol. The van der Waals surface area contributed by atoms with Gasteiger partial charge in [0.15, 0.2) is 5.79 Å². The van der Waals surface area contributed by atoms with Gasteiger partial charge >= 0.3 is 0 Å². The maximum Gasteiger partial charge on any atom is 0.183 e. The van der Waals surface area contributed by atoms with Crippen molar-refractivity contribution >= 4 is 5.78 Å². The second-order valence-electron chi connectivity index (χ2n) is 5.25. The quantitative estimate of drug-likeness (QED) is 0.612. The molecule has 0 unspecified atom stereocenters. The van der Waals surface area contributed by atoms with Gasteiger partial charge in [0.25, 0.3) is 0 Å². The summed E-state index contributed by atoms with van der Waals surface area (Å²) in [7, 11) is 0. The van der Waals surface area contributed by atoms with Gasteiger partial charge in [-0.2, -0.15) is 0 Å². The van der Waals surface area contributed by atoms with Crippen molar-refractivity contribution in [3.05, 3.63) is 0 Å². The fourth-order valence-electron chi connectivity index (χ4n) is 3.75. The van der Waals surface area contributed by atoms with Crippen LogP contribution in [0, 0.1) is 11.3 Å². The van der Waals surface area contributed by atoms with Crippen molar-refractivity contribution in [1.29, 1.82) is 0 Å². The normalized spacial score (nSPS) is 43.5. The van der Waals surface area contributed by atoms with Crippen LogP contribution in [0.3, 0.4) is 0 Å². The largest absolute Gasteiger partial charge is 0.346 e. The molecule has 0 radical (unpaired) electrons. The smallest absolute Gasteiger partial charge is 0.183 e. The van der Waals surface area contributed by atoms with Crippen molar-refractivity contribution in [3.63, 3.8) is 0 Å². The summed E-state index contributed by atoms with van der Waals surface area (Å²) in [6, 6.07) is 0. The second-order valence-corrected chi connectivity index (χ2v) is 5.25. The van der Waals surface area contributed by atoms with Gasteiger partial charge in [-0.15, -0.1) is 0 Å². The van der Waals surface area contributed by atoms with E-state index in [4.69, 9.17) is 9.47 Å². The molecular formula is C12H18O3. The minimum absolute atomic E-state index is 0.348. The summed E-state index contributed by atoms with van der Waals surface area (Å²) in [6.07, 6.45) is 4.90. The molecule has 3 aliphatic rings. The molecule has 1 saturated heterocycles. The number of carbonyl (C=O) groups excluding carboxylic acids is 1. The summed E-state index contributed by atoms with van der Waals surface area (Å²) in [6.45, 7) is 3.35. The zero-order valence-electron chi connectivity index (χ0n) is 9.25. The number of rotatable bonds is 0. The summed E-state index contributed by atoms with van der Waals surface area (Å²) in [4.78, 5) is 12.1. The Morgan fingerprint density at radius 1 is 1.27 bits per heavy atom. The summed E-state index contributed by atoms with van der Waals surface area (Å²) in [5.41, 5.74) is -0.370. The monoisotopic (exact) mass is 210 g/mol. The first-order valence-corrected chi connectivity index (χ1v) is 6.00. The molecule has 3 nitrogen and oxygen atoms in total. The minimum Gasteiger partial charge on any atom is -0.346 e. The Labute approximate surface area is 90.1 Å². The van der Waals surface area contributed by atoms with Crippen LogP contribution in [0.2, 0.25) is 0 Å². The Kier molecular flexibility index (Phi) is 1.99. The molecule has 0 aromatic carbocycles. The van der Waals surface area contributed by atoms with Gasteiger partial charge in [0.05, 0.1) is 18.6 Å². The minimum atomic E-state index is -0.555. The van der Waals surface area contributed by atoms with Crippen molar-refractivity contribution in [2.45, 2.75) is 44.8 Å². The molecule has 2 atom stereocenters. The Balaban J connectivity index is 2.06. The number of ether oxygens (including phenoxy) is 2. The lowest BCUT2D eigenvalue weighted by atomic mass is 9.57. The molecule has 2 saturated carbocycles. The molecule has 0 amide bonds. The van der Waals surface area contributed by atoms with E-state index in [1.807, 2.05) is 6.92 Å². The Hall–Kier alpha value is -0.410. The van der Waals surface area contributed by atoms with E-state index in [1.165, 1.54) is 0 Å². The first-order chi connectivity index (χ1) is 7.19. The SMILES string of the molecule is C[C@]12CCC[C@H](CCC1=O)C21OCCO1. The van der Waals surface area contributed by atoms with E-state index >= 15 is 0 Å². The van der Waals surface area contributed by atoms with Gasteiger partial charge in [-0.3, -0.25) is 4.79 Å². The van der Waals surface area contributed by atoms with Crippen molar-refractivity contribution in [3.8, 4) is 0 Å². The molecule has 3 heteroatoms. The second kappa shape index (κ2) is 3.05. The Morgan fingerprint density at radius 3 is 2.73 bits per heavy atom. The molecule has 0 aromatic rings. The van der Waals surface area contributed by atoms with E-state index in [9.17, 15) is 4.79 Å². The molecule has 1 spiro atoms. The van der Waals surface area contributed by atoms with Crippen LogP contribution in [-0.2, 0) is 14.3 Å². The number of ketones is 1. The molecule has 0 aromatic heterocycles. The van der Waals surface area contributed by atoms with Gasteiger partial charge in [-0.05, 0) is 26.2 Å². The lowest BCUT2D eigenvalue weighted by molar-refractivity contribution is -0.282. The topological polar surface area (TPSA) is 35.5 Å². The van der Waals surface area contributed by atoms with Crippen molar-refractivity contribution in [2.75, 3.05) is 13.2 Å². The van der Waals surface area contributed by atoms with Gasteiger partial charge in [0.1, 0.15) is 5.78 Å². The van der Waals surface area contributed by atoms with Crippen molar-refractivity contribution in [2.24, 2.45) is 11.3 Å². The van der Waals surface area contributed by atoms with Crippen LogP contribution in [0.5, 0.6) is 0 Å². The van der Waals surface area contributed by atoms with E-state index in [1.54, 1.807) is 0 Å². The summed E-state index contributed by atoms with van der Waals surface area (Å²) in [5.74, 6) is 0.234. The van der Waals surface area contributed by atoms with Gasteiger partial charge in [-0.25, -0.2) is 0 Å². The van der Waals surface area contributed by atoms with E-state index in [-0.39, 0.29) is 5.41 Å². The van der Waals surface area contributed by atoms with Crippen molar-refractivity contribution in [1.82, 2.24) is 0 Å². The zero-order chi connectivity index (χ0) is 10.5. The summed E-state index contributed by atoms with van der Waals surface area (Å²) in [5, 5.41) is 0. The fraction of sp³-hybridized carbons (Fsp3) is 0.917. The molecule has 2 aliphatic carbocycles. The average molecular weight is 210 g/mol. The summed E-state index contributed by atoms with van der Waals surface area (Å²) >= 11 is 0. The van der Waals surface area contributed by atoms with E-state index in [0.29, 0.717) is 24.9 Å². The lowest BCUT2D eigenvalue weighted by Gasteiger charge is -2.54. The highest BCUT2D eigenvalue weighted by atomic mass is 16.7. The van der Waals surface area contributed by atoms with Crippen LogP contribution >= 0.6 is 0 Å². The third-order valence-corrected chi connectivity index (χ3v) is 4.59. The number of hydrogen-bond donors (Lipinski definition) is 0. The lowest BCUT2D eigenvalue weighted by Crippen LogP contribution is -2.62. The van der Waals surface area contributed by atoms with Gasteiger partial charge in [-0.1, -0.05) is 6.42 Å². The van der Waals surface area contributed by atoms with Crippen LogP contribution in [0.15, 0.2) is 0 Å². The van der Waals surface area contributed by atoms with Gasteiger partial charge in [0, 0.05) is 12.3 Å². The fourth-order valence-corrected chi connectivity index (χ4v) is 3.75. The zero-order valence-corrected chi connectivity index (χ0v) is 9.25. The standard InChI is InChI=1S/C12H18O3/c1-11-6-2-3-9(4-5-10(11)13)12(11)14-7-8-15-12/h9H,2-8H2,1H3/t9-,11+/m1/s1. The molecule has 3 fully saturated rings. The highest BCUT2D eigenvalue weighted by Crippen LogP contribution is 2.57. The predicted octanol–water partition coefficient (Wildman–Crippen LogP) is 1.90. The number of hydrogen-bond acceptors (Lipinski definition) is 3. The van der Waals surface area contributed by atoms with E-state index in [0.717, 1.165) is 32.1 Å². The molecule has 2 bridgehead atoms. The summed E-state index contributed by atoms with van der Waals surface area (Å²) < 4.78 is 11.8. The number of Topliss-reactive ketones (excluding diaryl/α,β-unsaturated/α-hetero) is 1. The predicted molar refractivity (Wildman–Crippen MR) is 54.3 cm³/mol. The first kappa shape index (κ1) is 9.79. The van der Waals surface area contributed by atoms with Gasteiger partial charge in [0.2, 0.25) is 0 Å². The van der Waals surface area contributed by atoms with Gasteiger partial charge < -0.3 is 9.47 Å². The average Bonchev–Trinajstić information content (AvgIpc) is 2.68. The van der Waals surface area contributed by atoms with E-state index in [2.05, 4.69) is 0 Å². The van der Waals surface area contributed by atoms with Crippen molar-refractivity contribution < 1.29 is 14.3 Å². The molecule has 15 heavy (non-hydrogen) atoms. The highest BCUT2D eigenvalue weighted by Gasteiger charge is 2.64. The number of carbonyl (C=O) groups is 1. The third-order valence-electron chi connectivity index (χ3n) is 4.59. The first-order valence-electron chi connectivity index (χ1n) is 6.00. The Bertz CT molecular complexity index is 293. The van der Waals surface area contributed by atoms with Crippen LogP contribution in [0.25, 0.3) is 0 Å². The maximum absolute atomic E-state index is 12.1.